The van der Waals surface area contributed by atoms with E-state index in [2.05, 4.69) is 20.0 Å². The molecule has 0 spiro atoms. The van der Waals surface area contributed by atoms with Gasteiger partial charge in [0.2, 0.25) is 5.95 Å². The van der Waals surface area contributed by atoms with E-state index in [0.29, 0.717) is 0 Å². The Morgan fingerprint density at radius 1 is 1.15 bits per heavy atom. The summed E-state index contributed by atoms with van der Waals surface area (Å²) in [4.78, 5) is 32.0. The van der Waals surface area contributed by atoms with Gasteiger partial charge in [0, 0.05) is 11.4 Å². The molecule has 0 fully saturated rings. The van der Waals surface area contributed by atoms with Gasteiger partial charge in [0.05, 0.1) is 12.7 Å². The first-order chi connectivity index (χ1) is 12.8. The van der Waals surface area contributed by atoms with Crippen molar-refractivity contribution in [2.75, 3.05) is 12.4 Å². The lowest BCUT2D eigenvalue weighted by Gasteiger charge is -2.11. The first-order valence-electron chi connectivity index (χ1n) is 8.19. The summed E-state index contributed by atoms with van der Waals surface area (Å²) in [6.45, 7) is 1.82. The Morgan fingerprint density at radius 2 is 1.89 bits per heavy atom. The predicted molar refractivity (Wildman–Crippen MR) is 95.9 cm³/mol. The van der Waals surface area contributed by atoms with Crippen LogP contribution in [0.25, 0.3) is 0 Å². The van der Waals surface area contributed by atoms with Crippen LogP contribution in [-0.2, 0) is 27.6 Å². The zero-order valence-electron chi connectivity index (χ0n) is 14.8. The Hall–Kier alpha value is -3.01. The minimum Gasteiger partial charge on any atom is -0.465 e. The number of sulfonamides is 1. The quantitative estimate of drug-likeness (QED) is 0.759. The van der Waals surface area contributed by atoms with E-state index in [1.165, 1.54) is 24.3 Å². The molecular formula is C17H18N4O5S. The molecule has 0 aliphatic heterocycles. The molecule has 1 heterocycles. The van der Waals surface area contributed by atoms with E-state index >= 15 is 0 Å². The smallest absolute Gasteiger partial charge is 0.339 e. The average Bonchev–Trinajstić information content (AvgIpc) is 3.09. The maximum absolute atomic E-state index is 12.5. The highest BCUT2D eigenvalue weighted by Crippen LogP contribution is 2.23. The molecule has 0 bridgehead atoms. The number of methoxy groups -OCH3 is 1. The number of rotatable bonds is 4. The predicted octanol–water partition coefficient (Wildman–Crippen LogP) is 1.57. The van der Waals surface area contributed by atoms with E-state index in [4.69, 9.17) is 0 Å². The topological polar surface area (TPSA) is 127 Å². The number of esters is 1. The number of nitrogens with zero attached hydrogens (tertiary/aromatic N) is 2. The number of hydrogen-bond donors (Lipinski definition) is 2. The van der Waals surface area contributed by atoms with Crippen molar-refractivity contribution >= 4 is 28.0 Å². The maximum Gasteiger partial charge on any atom is 0.339 e. The molecule has 10 heteroatoms. The summed E-state index contributed by atoms with van der Waals surface area (Å²) in [7, 11) is -3.17. The molecule has 142 valence electrons. The Balaban J connectivity index is 1.80. The number of carbonyl (C=O) groups excluding carboxylic acids is 2. The molecule has 27 heavy (non-hydrogen) atoms. The van der Waals surface area contributed by atoms with Gasteiger partial charge in [-0.15, -0.1) is 0 Å². The zero-order valence-corrected chi connectivity index (χ0v) is 15.6. The van der Waals surface area contributed by atoms with Crippen LogP contribution in [0.5, 0.6) is 0 Å². The van der Waals surface area contributed by atoms with Gasteiger partial charge in [-0.05, 0) is 43.9 Å². The average molecular weight is 390 g/mol. The molecule has 2 amide bonds. The summed E-state index contributed by atoms with van der Waals surface area (Å²) in [5.74, 6) is -0.795. The first-order valence-corrected chi connectivity index (χ1v) is 9.67. The van der Waals surface area contributed by atoms with Gasteiger partial charge in [0.1, 0.15) is 4.90 Å². The van der Waals surface area contributed by atoms with Crippen LogP contribution in [0.1, 0.15) is 33.7 Å². The van der Waals surface area contributed by atoms with E-state index in [-0.39, 0.29) is 16.4 Å². The fourth-order valence-corrected chi connectivity index (χ4v) is 4.06. The summed E-state index contributed by atoms with van der Waals surface area (Å²) in [6.07, 6.45) is 2.66. The molecule has 1 aromatic carbocycles. The van der Waals surface area contributed by atoms with E-state index in [9.17, 15) is 18.0 Å². The van der Waals surface area contributed by atoms with Crippen LogP contribution in [0.3, 0.4) is 0 Å². The molecule has 3 rings (SSSR count). The van der Waals surface area contributed by atoms with Crippen molar-refractivity contribution < 1.29 is 22.7 Å². The van der Waals surface area contributed by atoms with Gasteiger partial charge in [0.15, 0.2) is 0 Å². The molecule has 1 aromatic heterocycles. The Labute approximate surface area is 156 Å². The fraction of sp³-hybridized carbons (Fsp3) is 0.294. The van der Waals surface area contributed by atoms with Crippen molar-refractivity contribution in [3.63, 3.8) is 0 Å². The highest BCUT2D eigenvalue weighted by atomic mass is 32.2. The standard InChI is InChI=1S/C17H18N4O5S/c1-10-11-7-5-8-13(11)19-16(18-10)20-17(23)21-27(24,25)14-9-4-3-6-12(14)15(22)26-2/h3-4,6,9H,5,7-8H2,1-2H3,(H2,18,19,20,21,23). The zero-order chi connectivity index (χ0) is 19.6. The molecule has 2 N–H and O–H groups in total. The number of fused-ring (bicyclic) bond motifs is 1. The van der Waals surface area contributed by atoms with Crippen molar-refractivity contribution in [3.05, 3.63) is 46.8 Å². The SMILES string of the molecule is COC(=O)c1ccccc1S(=O)(=O)NC(=O)Nc1nc(C)c2c(n1)CCC2. The van der Waals surface area contributed by atoms with Gasteiger partial charge < -0.3 is 4.74 Å². The van der Waals surface area contributed by atoms with Gasteiger partial charge in [0.25, 0.3) is 10.0 Å². The van der Waals surface area contributed by atoms with Crippen LogP contribution >= 0.6 is 0 Å². The largest absolute Gasteiger partial charge is 0.465 e. The molecule has 0 radical (unpaired) electrons. The lowest BCUT2D eigenvalue weighted by atomic mass is 10.2. The Bertz CT molecular complexity index is 1020. The first kappa shape index (κ1) is 18.8. The highest BCUT2D eigenvalue weighted by Gasteiger charge is 2.25. The Kier molecular flexibility index (Phi) is 5.08. The summed E-state index contributed by atoms with van der Waals surface area (Å²) in [6, 6.07) is 4.41. The lowest BCUT2D eigenvalue weighted by Crippen LogP contribution is -2.35. The van der Waals surface area contributed by atoms with Crippen LogP contribution in [0, 0.1) is 6.92 Å². The number of anilines is 1. The fourth-order valence-electron chi connectivity index (χ4n) is 2.96. The maximum atomic E-state index is 12.5. The molecule has 0 saturated carbocycles. The van der Waals surface area contributed by atoms with E-state index in [1.807, 2.05) is 11.6 Å². The Morgan fingerprint density at radius 3 is 2.63 bits per heavy atom. The van der Waals surface area contributed by atoms with Gasteiger partial charge in [-0.3, -0.25) is 5.32 Å². The van der Waals surface area contributed by atoms with Gasteiger partial charge >= 0.3 is 12.0 Å². The van der Waals surface area contributed by atoms with E-state index in [1.54, 1.807) is 0 Å². The summed E-state index contributed by atoms with van der Waals surface area (Å²) in [5.41, 5.74) is 2.51. The third-order valence-corrected chi connectivity index (χ3v) is 5.56. The molecular weight excluding hydrogens is 372 g/mol. The number of benzene rings is 1. The molecule has 0 saturated heterocycles. The van der Waals surface area contributed by atoms with E-state index < -0.39 is 22.0 Å². The van der Waals surface area contributed by atoms with Crippen LogP contribution in [0.15, 0.2) is 29.2 Å². The third-order valence-electron chi connectivity index (χ3n) is 4.17. The van der Waals surface area contributed by atoms with Crippen molar-refractivity contribution in [3.8, 4) is 0 Å². The number of hydrogen-bond acceptors (Lipinski definition) is 7. The minimum atomic E-state index is -4.31. The number of ether oxygens (including phenoxy) is 1. The van der Waals surface area contributed by atoms with Crippen molar-refractivity contribution in [1.29, 1.82) is 0 Å². The number of carbonyl (C=O) groups is 2. The van der Waals surface area contributed by atoms with Gasteiger partial charge in [-0.25, -0.2) is 32.7 Å². The second-order valence-corrected chi connectivity index (χ2v) is 7.61. The molecule has 1 aliphatic carbocycles. The normalized spacial score (nSPS) is 13.0. The number of amides is 2. The molecule has 1 aliphatic rings. The summed E-state index contributed by atoms with van der Waals surface area (Å²) < 4.78 is 31.5. The monoisotopic (exact) mass is 390 g/mol. The van der Waals surface area contributed by atoms with Crippen LogP contribution < -0.4 is 10.0 Å². The van der Waals surface area contributed by atoms with Crippen LogP contribution in [-0.4, -0.2) is 37.5 Å². The second-order valence-electron chi connectivity index (χ2n) is 5.96. The summed E-state index contributed by atoms with van der Waals surface area (Å²) >= 11 is 0. The molecule has 0 unspecified atom stereocenters. The number of aromatic nitrogens is 2. The van der Waals surface area contributed by atoms with Crippen molar-refractivity contribution in [2.45, 2.75) is 31.1 Å². The van der Waals surface area contributed by atoms with Crippen molar-refractivity contribution in [2.24, 2.45) is 0 Å². The van der Waals surface area contributed by atoms with Gasteiger partial charge in [-0.1, -0.05) is 12.1 Å². The van der Waals surface area contributed by atoms with Crippen molar-refractivity contribution in [1.82, 2.24) is 14.7 Å². The van der Waals surface area contributed by atoms with Crippen LogP contribution in [0.2, 0.25) is 0 Å². The molecule has 2 aromatic rings. The number of aryl methyl sites for hydroxylation is 2. The molecule has 0 atom stereocenters. The van der Waals surface area contributed by atoms with Gasteiger partial charge in [-0.2, -0.15) is 0 Å². The lowest BCUT2D eigenvalue weighted by molar-refractivity contribution is 0.0596. The summed E-state index contributed by atoms with van der Waals surface area (Å²) in [5, 5.41) is 2.33. The second kappa shape index (κ2) is 7.31. The van der Waals surface area contributed by atoms with E-state index in [0.717, 1.165) is 43.3 Å². The number of urea groups is 1. The highest BCUT2D eigenvalue weighted by molar-refractivity contribution is 7.90. The molecule has 9 nitrogen and oxygen atoms in total. The third kappa shape index (κ3) is 3.90. The van der Waals surface area contributed by atoms with Crippen LogP contribution in [0.4, 0.5) is 10.7 Å². The number of nitrogens with one attached hydrogen (secondary N) is 2. The minimum absolute atomic E-state index is 0.0297.